The minimum absolute atomic E-state index is 0.0510. The number of aromatic nitrogens is 2. The molecule has 0 bridgehead atoms. The summed E-state index contributed by atoms with van der Waals surface area (Å²) in [6, 6.07) is 6.27. The number of carbonyl (C=O) groups is 1. The number of hydrogen-bond donors (Lipinski definition) is 2. The standard InChI is InChI=1S/C21H31N5O/c1-16-7-8-18-19(14-16)24-21(23-18)26-12-5-6-17(15-26)20(27)22-9-13-25-10-3-2-4-11-25/h7-8,14,17H,2-6,9-13,15H2,1H3,(H,22,27)(H,23,24). The van der Waals surface area contributed by atoms with E-state index in [2.05, 4.69) is 45.2 Å². The largest absolute Gasteiger partial charge is 0.355 e. The molecule has 4 rings (SSSR count). The molecule has 0 radical (unpaired) electrons. The Kier molecular flexibility index (Phi) is 5.62. The van der Waals surface area contributed by atoms with E-state index in [4.69, 9.17) is 4.98 Å². The Labute approximate surface area is 161 Å². The molecule has 2 aromatic rings. The predicted molar refractivity (Wildman–Crippen MR) is 109 cm³/mol. The maximum atomic E-state index is 12.6. The number of nitrogens with zero attached hydrogens (tertiary/aromatic N) is 3. The lowest BCUT2D eigenvalue weighted by Crippen LogP contribution is -2.45. The number of nitrogens with one attached hydrogen (secondary N) is 2. The zero-order valence-corrected chi connectivity index (χ0v) is 16.3. The molecule has 0 spiro atoms. The molecule has 27 heavy (non-hydrogen) atoms. The zero-order chi connectivity index (χ0) is 18.6. The number of benzene rings is 1. The Morgan fingerprint density at radius 3 is 2.93 bits per heavy atom. The van der Waals surface area contributed by atoms with Crippen molar-refractivity contribution >= 4 is 22.9 Å². The molecule has 1 unspecified atom stereocenters. The lowest BCUT2D eigenvalue weighted by Gasteiger charge is -2.32. The van der Waals surface area contributed by atoms with Crippen LogP contribution < -0.4 is 10.2 Å². The van der Waals surface area contributed by atoms with Gasteiger partial charge in [-0.05, 0) is 63.4 Å². The van der Waals surface area contributed by atoms with E-state index in [0.29, 0.717) is 0 Å². The van der Waals surface area contributed by atoms with Gasteiger partial charge in [0.15, 0.2) is 0 Å². The maximum Gasteiger partial charge on any atom is 0.224 e. The lowest BCUT2D eigenvalue weighted by atomic mass is 9.97. The molecule has 146 valence electrons. The van der Waals surface area contributed by atoms with Crippen LogP contribution in [0.2, 0.25) is 0 Å². The average molecular weight is 370 g/mol. The number of amides is 1. The van der Waals surface area contributed by atoms with E-state index in [1.54, 1.807) is 0 Å². The first-order valence-corrected chi connectivity index (χ1v) is 10.4. The van der Waals surface area contributed by atoms with Crippen molar-refractivity contribution in [3.63, 3.8) is 0 Å². The topological polar surface area (TPSA) is 64.3 Å². The van der Waals surface area contributed by atoms with Crippen LogP contribution in [0.5, 0.6) is 0 Å². The lowest BCUT2D eigenvalue weighted by molar-refractivity contribution is -0.125. The van der Waals surface area contributed by atoms with Gasteiger partial charge >= 0.3 is 0 Å². The number of H-pyrrole nitrogens is 1. The number of likely N-dealkylation sites (tertiary alicyclic amines) is 1. The first-order chi connectivity index (χ1) is 13.2. The van der Waals surface area contributed by atoms with Gasteiger partial charge in [0.2, 0.25) is 11.9 Å². The molecule has 6 heteroatoms. The Balaban J connectivity index is 1.32. The smallest absolute Gasteiger partial charge is 0.224 e. The summed E-state index contributed by atoms with van der Waals surface area (Å²) < 4.78 is 0. The molecule has 0 saturated carbocycles. The normalized spacial score (nSPS) is 21.5. The molecule has 1 atom stereocenters. The van der Waals surface area contributed by atoms with E-state index < -0.39 is 0 Å². The number of hydrogen-bond acceptors (Lipinski definition) is 4. The Morgan fingerprint density at radius 2 is 2.07 bits per heavy atom. The van der Waals surface area contributed by atoms with E-state index in [1.165, 1.54) is 37.9 Å². The van der Waals surface area contributed by atoms with Crippen LogP contribution in [0, 0.1) is 12.8 Å². The first-order valence-electron chi connectivity index (χ1n) is 10.4. The Bertz CT molecular complexity index is 780. The van der Waals surface area contributed by atoms with Crippen molar-refractivity contribution in [2.45, 2.75) is 39.0 Å². The fourth-order valence-electron chi connectivity index (χ4n) is 4.31. The maximum absolute atomic E-state index is 12.6. The quantitative estimate of drug-likeness (QED) is 0.851. The van der Waals surface area contributed by atoms with Crippen LogP contribution in [0.4, 0.5) is 5.95 Å². The van der Waals surface area contributed by atoms with Crippen LogP contribution in [0.1, 0.15) is 37.7 Å². The van der Waals surface area contributed by atoms with Gasteiger partial charge in [-0.2, -0.15) is 0 Å². The van der Waals surface area contributed by atoms with Crippen LogP contribution in [-0.4, -0.2) is 60.0 Å². The number of rotatable bonds is 5. The molecule has 2 aliphatic heterocycles. The summed E-state index contributed by atoms with van der Waals surface area (Å²) in [5, 5.41) is 3.17. The highest BCUT2D eigenvalue weighted by Crippen LogP contribution is 2.24. The summed E-state index contributed by atoms with van der Waals surface area (Å²) in [5.41, 5.74) is 3.28. The van der Waals surface area contributed by atoms with Crippen molar-refractivity contribution in [2.24, 2.45) is 5.92 Å². The molecule has 2 aliphatic rings. The summed E-state index contributed by atoms with van der Waals surface area (Å²) in [7, 11) is 0. The molecular formula is C21H31N5O. The highest BCUT2D eigenvalue weighted by Gasteiger charge is 2.27. The second kappa shape index (κ2) is 8.30. The number of carbonyl (C=O) groups excluding carboxylic acids is 1. The molecule has 2 N–H and O–H groups in total. The molecule has 3 heterocycles. The third-order valence-electron chi connectivity index (χ3n) is 5.89. The highest BCUT2D eigenvalue weighted by molar-refractivity contribution is 5.80. The number of aryl methyl sites for hydroxylation is 1. The minimum atomic E-state index is 0.0510. The molecular weight excluding hydrogens is 338 g/mol. The number of anilines is 1. The van der Waals surface area contributed by atoms with E-state index in [0.717, 1.165) is 56.0 Å². The third-order valence-corrected chi connectivity index (χ3v) is 5.89. The number of piperidine rings is 2. The van der Waals surface area contributed by atoms with Crippen molar-refractivity contribution in [1.82, 2.24) is 20.2 Å². The zero-order valence-electron chi connectivity index (χ0n) is 16.3. The molecule has 1 aromatic heterocycles. The predicted octanol–water partition coefficient (Wildman–Crippen LogP) is 2.69. The van der Waals surface area contributed by atoms with Crippen molar-refractivity contribution in [1.29, 1.82) is 0 Å². The number of imidazole rings is 1. The monoisotopic (exact) mass is 369 g/mol. The fraction of sp³-hybridized carbons (Fsp3) is 0.619. The molecule has 2 fully saturated rings. The summed E-state index contributed by atoms with van der Waals surface area (Å²) in [5.74, 6) is 1.14. The van der Waals surface area contributed by atoms with E-state index in [-0.39, 0.29) is 11.8 Å². The molecule has 1 aromatic carbocycles. The van der Waals surface area contributed by atoms with Gasteiger partial charge in [-0.1, -0.05) is 12.5 Å². The van der Waals surface area contributed by atoms with Crippen LogP contribution in [0.15, 0.2) is 18.2 Å². The number of aromatic amines is 1. The van der Waals surface area contributed by atoms with E-state index >= 15 is 0 Å². The minimum Gasteiger partial charge on any atom is -0.355 e. The van der Waals surface area contributed by atoms with Gasteiger partial charge in [-0.25, -0.2) is 4.98 Å². The van der Waals surface area contributed by atoms with E-state index in [1.807, 2.05) is 0 Å². The molecule has 0 aliphatic carbocycles. The van der Waals surface area contributed by atoms with Crippen LogP contribution in [0.25, 0.3) is 11.0 Å². The van der Waals surface area contributed by atoms with Gasteiger partial charge in [-0.3, -0.25) is 4.79 Å². The highest BCUT2D eigenvalue weighted by atomic mass is 16.1. The SMILES string of the molecule is Cc1ccc2nc(N3CCCC(C(=O)NCCN4CCCCC4)C3)[nH]c2c1. The van der Waals surface area contributed by atoms with Crippen LogP contribution in [0.3, 0.4) is 0 Å². The second-order valence-electron chi connectivity index (χ2n) is 8.06. The second-order valence-corrected chi connectivity index (χ2v) is 8.06. The van der Waals surface area contributed by atoms with Crippen molar-refractivity contribution in [3.05, 3.63) is 23.8 Å². The van der Waals surface area contributed by atoms with Gasteiger partial charge < -0.3 is 20.1 Å². The van der Waals surface area contributed by atoms with Gasteiger partial charge in [0.25, 0.3) is 0 Å². The van der Waals surface area contributed by atoms with Crippen molar-refractivity contribution in [2.75, 3.05) is 44.2 Å². The van der Waals surface area contributed by atoms with Gasteiger partial charge in [0, 0.05) is 26.2 Å². The Hall–Kier alpha value is -2.08. The van der Waals surface area contributed by atoms with Gasteiger partial charge in [0.05, 0.1) is 17.0 Å². The van der Waals surface area contributed by atoms with Crippen molar-refractivity contribution in [3.8, 4) is 0 Å². The fourth-order valence-corrected chi connectivity index (χ4v) is 4.31. The summed E-state index contributed by atoms with van der Waals surface area (Å²) >= 11 is 0. The third kappa shape index (κ3) is 4.43. The molecule has 2 saturated heterocycles. The molecule has 1 amide bonds. The van der Waals surface area contributed by atoms with E-state index in [9.17, 15) is 4.79 Å². The van der Waals surface area contributed by atoms with Crippen molar-refractivity contribution < 1.29 is 4.79 Å². The summed E-state index contributed by atoms with van der Waals surface area (Å²) in [4.78, 5) is 25.5. The number of fused-ring (bicyclic) bond motifs is 1. The van der Waals surface area contributed by atoms with Crippen LogP contribution >= 0.6 is 0 Å². The summed E-state index contributed by atoms with van der Waals surface area (Å²) in [6.45, 7) is 7.89. The van der Waals surface area contributed by atoms with Gasteiger partial charge in [0.1, 0.15) is 0 Å². The molecule has 6 nitrogen and oxygen atoms in total. The van der Waals surface area contributed by atoms with Gasteiger partial charge in [-0.15, -0.1) is 0 Å². The summed E-state index contributed by atoms with van der Waals surface area (Å²) in [6.07, 6.45) is 5.93. The van der Waals surface area contributed by atoms with Crippen LogP contribution in [-0.2, 0) is 4.79 Å². The first kappa shape index (κ1) is 18.3. The average Bonchev–Trinajstić information content (AvgIpc) is 3.12. The Morgan fingerprint density at radius 1 is 1.22 bits per heavy atom.